The minimum atomic E-state index is -1.32. The summed E-state index contributed by atoms with van der Waals surface area (Å²) in [4.78, 5) is 20.6. The normalized spacial score (nSPS) is 12.2. The average molecular weight is 211 g/mol. The van der Waals surface area contributed by atoms with E-state index >= 15 is 0 Å². The Morgan fingerprint density at radius 1 is 1.53 bits per heavy atom. The number of nitro benzene ring substituents is 1. The van der Waals surface area contributed by atoms with Crippen LogP contribution in [0.15, 0.2) is 12.1 Å². The predicted octanol–water partition coefficient (Wildman–Crippen LogP) is 2.75. The van der Waals surface area contributed by atoms with Crippen LogP contribution >= 0.6 is 0 Å². The molecule has 0 aromatic heterocycles. The van der Waals surface area contributed by atoms with Crippen molar-refractivity contribution in [3.05, 3.63) is 38.9 Å². The number of aldehydes is 1. The molecule has 5 heteroatoms. The first-order valence-electron chi connectivity index (χ1n) is 4.35. The smallest absolute Gasteiger partial charge is 0.273 e. The van der Waals surface area contributed by atoms with Gasteiger partial charge in [0.25, 0.3) is 5.69 Å². The number of carbonyl (C=O) groups is 1. The largest absolute Gasteiger partial charge is 0.298 e. The molecule has 0 N–H and O–H groups in total. The van der Waals surface area contributed by atoms with Gasteiger partial charge < -0.3 is 0 Å². The van der Waals surface area contributed by atoms with Crippen LogP contribution in [-0.4, -0.2) is 11.2 Å². The summed E-state index contributed by atoms with van der Waals surface area (Å²) in [5.41, 5.74) is 0.405. The third-order valence-corrected chi connectivity index (χ3v) is 2.15. The molecule has 0 unspecified atom stereocenters. The summed E-state index contributed by atoms with van der Waals surface area (Å²) in [6.45, 7) is 2.80. The van der Waals surface area contributed by atoms with Gasteiger partial charge >= 0.3 is 0 Å². The molecule has 1 atom stereocenters. The Balaban J connectivity index is 3.42. The molecule has 0 saturated heterocycles. The van der Waals surface area contributed by atoms with Crippen LogP contribution in [0.2, 0.25) is 0 Å². The summed E-state index contributed by atoms with van der Waals surface area (Å²) in [7, 11) is 0. The third-order valence-electron chi connectivity index (χ3n) is 2.15. The van der Waals surface area contributed by atoms with E-state index in [1.807, 2.05) is 0 Å². The number of hydrogen-bond acceptors (Lipinski definition) is 3. The molecule has 1 aromatic carbocycles. The van der Waals surface area contributed by atoms with Crippen LogP contribution in [-0.2, 0) is 0 Å². The number of nitro groups is 1. The fourth-order valence-corrected chi connectivity index (χ4v) is 1.38. The Morgan fingerprint density at radius 3 is 2.53 bits per heavy atom. The lowest BCUT2D eigenvalue weighted by Crippen LogP contribution is -1.99. The number of aryl methyl sites for hydroxylation is 1. The van der Waals surface area contributed by atoms with Gasteiger partial charge in [0.2, 0.25) is 0 Å². The van der Waals surface area contributed by atoms with Crippen LogP contribution < -0.4 is 0 Å². The van der Waals surface area contributed by atoms with E-state index in [9.17, 15) is 19.3 Å². The molecule has 0 radical (unpaired) electrons. The molecule has 80 valence electrons. The molecule has 15 heavy (non-hydrogen) atoms. The molecule has 0 heterocycles. The van der Waals surface area contributed by atoms with Crippen LogP contribution in [0.1, 0.15) is 34.6 Å². The summed E-state index contributed by atoms with van der Waals surface area (Å²) in [5.74, 6) is 0. The Kier molecular flexibility index (Phi) is 3.14. The van der Waals surface area contributed by atoms with Crippen molar-refractivity contribution in [1.82, 2.24) is 0 Å². The zero-order valence-electron chi connectivity index (χ0n) is 8.36. The molecule has 0 bridgehead atoms. The summed E-state index contributed by atoms with van der Waals surface area (Å²) < 4.78 is 13.1. The van der Waals surface area contributed by atoms with Gasteiger partial charge in [-0.3, -0.25) is 14.9 Å². The molecular formula is C10H10FNO3. The lowest BCUT2D eigenvalue weighted by Gasteiger charge is -2.07. The van der Waals surface area contributed by atoms with Gasteiger partial charge in [0.05, 0.1) is 4.92 Å². The molecule has 1 rings (SSSR count). The summed E-state index contributed by atoms with van der Waals surface area (Å²) >= 11 is 0. The lowest BCUT2D eigenvalue weighted by molar-refractivity contribution is -0.385. The first kappa shape index (κ1) is 11.3. The van der Waals surface area contributed by atoms with E-state index in [0.717, 1.165) is 6.07 Å². The Bertz CT molecular complexity index is 415. The number of hydrogen-bond donors (Lipinski definition) is 0. The summed E-state index contributed by atoms with van der Waals surface area (Å²) in [6, 6.07) is 2.44. The maximum atomic E-state index is 13.1. The van der Waals surface area contributed by atoms with Crippen molar-refractivity contribution in [2.45, 2.75) is 20.0 Å². The van der Waals surface area contributed by atoms with Crippen LogP contribution in [0.25, 0.3) is 0 Å². The van der Waals surface area contributed by atoms with E-state index in [1.54, 1.807) is 0 Å². The topological polar surface area (TPSA) is 60.2 Å². The van der Waals surface area contributed by atoms with Crippen LogP contribution in [0.3, 0.4) is 0 Å². The molecule has 1 aromatic rings. The highest BCUT2D eigenvalue weighted by molar-refractivity contribution is 5.79. The second-order valence-electron chi connectivity index (χ2n) is 3.26. The maximum absolute atomic E-state index is 13.1. The fraction of sp³-hybridized carbons (Fsp3) is 0.300. The minimum absolute atomic E-state index is 0.0299. The molecule has 0 aliphatic rings. The molecule has 0 amide bonds. The van der Waals surface area contributed by atoms with E-state index in [-0.39, 0.29) is 16.8 Å². The molecule has 4 nitrogen and oxygen atoms in total. The number of benzene rings is 1. The van der Waals surface area contributed by atoms with Crippen molar-refractivity contribution < 1.29 is 14.1 Å². The highest BCUT2D eigenvalue weighted by Crippen LogP contribution is 2.27. The average Bonchev–Trinajstić information content (AvgIpc) is 2.16. The second kappa shape index (κ2) is 4.16. The highest BCUT2D eigenvalue weighted by Gasteiger charge is 2.17. The fourth-order valence-electron chi connectivity index (χ4n) is 1.38. The van der Waals surface area contributed by atoms with Crippen molar-refractivity contribution in [1.29, 1.82) is 0 Å². The Labute approximate surface area is 85.9 Å². The first-order valence-corrected chi connectivity index (χ1v) is 4.35. The van der Waals surface area contributed by atoms with Gasteiger partial charge in [-0.15, -0.1) is 0 Å². The zero-order valence-corrected chi connectivity index (χ0v) is 8.36. The Hall–Kier alpha value is -1.78. The van der Waals surface area contributed by atoms with Gasteiger partial charge in [0.1, 0.15) is 6.17 Å². The number of nitrogens with zero attached hydrogens (tertiary/aromatic N) is 1. The first-order chi connectivity index (χ1) is 6.97. The van der Waals surface area contributed by atoms with Crippen molar-refractivity contribution in [2.75, 3.05) is 0 Å². The standard InChI is InChI=1S/C10H10FNO3/c1-6-3-9(7(2)11)8(5-13)4-10(6)12(14)15/h3-5,7H,1-2H3/t7-/m1/s1. The number of alkyl halides is 1. The van der Waals surface area contributed by atoms with E-state index in [2.05, 4.69) is 0 Å². The highest BCUT2D eigenvalue weighted by atomic mass is 19.1. The van der Waals surface area contributed by atoms with E-state index < -0.39 is 11.1 Å². The predicted molar refractivity (Wildman–Crippen MR) is 52.7 cm³/mol. The number of halogens is 1. The van der Waals surface area contributed by atoms with Gasteiger partial charge in [-0.2, -0.15) is 0 Å². The van der Waals surface area contributed by atoms with Gasteiger partial charge in [-0.25, -0.2) is 4.39 Å². The van der Waals surface area contributed by atoms with E-state index in [1.165, 1.54) is 19.9 Å². The summed E-state index contributed by atoms with van der Waals surface area (Å²) in [6.07, 6.45) is -0.887. The van der Waals surface area contributed by atoms with Gasteiger partial charge in [-0.05, 0) is 25.5 Å². The van der Waals surface area contributed by atoms with Crippen molar-refractivity contribution in [3.63, 3.8) is 0 Å². The molecule has 0 aliphatic carbocycles. The minimum Gasteiger partial charge on any atom is -0.298 e. The number of carbonyl (C=O) groups excluding carboxylic acids is 1. The zero-order chi connectivity index (χ0) is 11.6. The quantitative estimate of drug-likeness (QED) is 0.438. The van der Waals surface area contributed by atoms with E-state index in [0.29, 0.717) is 11.8 Å². The maximum Gasteiger partial charge on any atom is 0.273 e. The number of rotatable bonds is 3. The Morgan fingerprint density at radius 2 is 2.13 bits per heavy atom. The molecule has 0 aliphatic heterocycles. The molecule has 0 spiro atoms. The van der Waals surface area contributed by atoms with E-state index in [4.69, 9.17) is 0 Å². The van der Waals surface area contributed by atoms with Gasteiger partial charge in [0.15, 0.2) is 6.29 Å². The van der Waals surface area contributed by atoms with Gasteiger partial charge in [0, 0.05) is 17.2 Å². The van der Waals surface area contributed by atoms with Crippen molar-refractivity contribution in [2.24, 2.45) is 0 Å². The second-order valence-corrected chi connectivity index (χ2v) is 3.26. The monoisotopic (exact) mass is 211 g/mol. The van der Waals surface area contributed by atoms with Crippen molar-refractivity contribution >= 4 is 12.0 Å². The molecule has 0 saturated carbocycles. The SMILES string of the molecule is Cc1cc([C@@H](C)F)c(C=O)cc1[N+](=O)[O-]. The lowest BCUT2D eigenvalue weighted by atomic mass is 10.0. The van der Waals surface area contributed by atoms with Crippen LogP contribution in [0, 0.1) is 17.0 Å². The van der Waals surface area contributed by atoms with Crippen LogP contribution in [0.5, 0.6) is 0 Å². The van der Waals surface area contributed by atoms with Crippen LogP contribution in [0.4, 0.5) is 10.1 Å². The third kappa shape index (κ3) is 2.18. The summed E-state index contributed by atoms with van der Waals surface area (Å²) in [5, 5.41) is 10.6. The molecular weight excluding hydrogens is 201 g/mol. The molecule has 0 fully saturated rings. The van der Waals surface area contributed by atoms with Gasteiger partial charge in [-0.1, -0.05) is 0 Å². The van der Waals surface area contributed by atoms with Crippen molar-refractivity contribution in [3.8, 4) is 0 Å².